The van der Waals surface area contributed by atoms with Gasteiger partial charge in [-0.15, -0.1) is 0 Å². The molecule has 1 saturated heterocycles. The predicted molar refractivity (Wildman–Crippen MR) is 81.9 cm³/mol. The molecule has 1 aliphatic heterocycles. The van der Waals surface area contributed by atoms with Crippen molar-refractivity contribution < 1.29 is 14.5 Å². The van der Waals surface area contributed by atoms with Crippen LogP contribution in [-0.2, 0) is 4.74 Å². The highest BCUT2D eigenvalue weighted by atomic mass is 79.9. The van der Waals surface area contributed by atoms with Crippen molar-refractivity contribution in [2.45, 2.75) is 26.0 Å². The van der Waals surface area contributed by atoms with Crippen LogP contribution in [0.2, 0.25) is 0 Å². The van der Waals surface area contributed by atoms with E-state index in [1.54, 1.807) is 24.0 Å². The maximum Gasteiger partial charge on any atom is 0.282 e. The number of hydrogen-bond acceptors (Lipinski definition) is 4. The fourth-order valence-corrected chi connectivity index (χ4v) is 2.81. The van der Waals surface area contributed by atoms with Gasteiger partial charge in [0, 0.05) is 17.9 Å². The van der Waals surface area contributed by atoms with Crippen LogP contribution < -0.4 is 0 Å². The monoisotopic (exact) mass is 356 g/mol. The Morgan fingerprint density at radius 1 is 1.57 bits per heavy atom. The van der Waals surface area contributed by atoms with E-state index in [0.717, 1.165) is 0 Å². The summed E-state index contributed by atoms with van der Waals surface area (Å²) in [5, 5.41) is 11.8. The summed E-state index contributed by atoms with van der Waals surface area (Å²) in [5.41, 5.74) is 0.641. The Morgan fingerprint density at radius 2 is 2.29 bits per heavy atom. The number of benzene rings is 1. The predicted octanol–water partition coefficient (Wildman–Crippen LogP) is 2.53. The molecule has 0 radical (unpaired) electrons. The van der Waals surface area contributed by atoms with Gasteiger partial charge in [-0.1, -0.05) is 28.1 Å². The highest BCUT2D eigenvalue weighted by Gasteiger charge is 2.33. The first kappa shape index (κ1) is 15.9. The molecule has 0 N–H and O–H groups in total. The Balaban J connectivity index is 2.37. The van der Waals surface area contributed by atoms with Crippen LogP contribution in [0.1, 0.15) is 22.8 Å². The van der Waals surface area contributed by atoms with Gasteiger partial charge in [0.05, 0.1) is 23.7 Å². The zero-order valence-electron chi connectivity index (χ0n) is 11.9. The van der Waals surface area contributed by atoms with E-state index in [1.807, 2.05) is 6.92 Å². The molecule has 0 bridgehead atoms. The van der Waals surface area contributed by atoms with Crippen LogP contribution >= 0.6 is 15.9 Å². The maximum absolute atomic E-state index is 12.8. The third-order valence-electron chi connectivity index (χ3n) is 3.60. The summed E-state index contributed by atoms with van der Waals surface area (Å²) in [4.78, 5) is 25.1. The van der Waals surface area contributed by atoms with Crippen LogP contribution in [0.4, 0.5) is 5.69 Å². The van der Waals surface area contributed by atoms with Gasteiger partial charge in [0.2, 0.25) is 0 Å². The molecule has 1 aromatic rings. The minimum atomic E-state index is -0.507. The summed E-state index contributed by atoms with van der Waals surface area (Å²) < 4.78 is 5.59. The molecule has 1 fully saturated rings. The molecule has 2 atom stereocenters. The van der Waals surface area contributed by atoms with Crippen LogP contribution in [0.25, 0.3) is 0 Å². The van der Waals surface area contributed by atoms with Crippen LogP contribution in [0.5, 0.6) is 0 Å². The molecule has 0 spiro atoms. The fourth-order valence-electron chi connectivity index (χ4n) is 2.42. The SMILES string of the molecule is Cc1cccc([N+](=O)[O-])c1C(=O)N1CC(CBr)OCC1C. The number of carbonyl (C=O) groups excluding carboxylic acids is 1. The van der Waals surface area contributed by atoms with Gasteiger partial charge >= 0.3 is 0 Å². The third-order valence-corrected chi connectivity index (χ3v) is 4.32. The topological polar surface area (TPSA) is 72.7 Å². The van der Waals surface area contributed by atoms with Crippen LogP contribution in [0, 0.1) is 17.0 Å². The number of rotatable bonds is 3. The maximum atomic E-state index is 12.8. The van der Waals surface area contributed by atoms with Gasteiger partial charge in [-0.2, -0.15) is 0 Å². The number of nitrogens with zero attached hydrogens (tertiary/aromatic N) is 2. The first-order chi connectivity index (χ1) is 9.95. The van der Waals surface area contributed by atoms with E-state index in [9.17, 15) is 14.9 Å². The van der Waals surface area contributed by atoms with Gasteiger partial charge in [0.1, 0.15) is 5.56 Å². The van der Waals surface area contributed by atoms with Crippen LogP contribution in [0.3, 0.4) is 0 Å². The highest BCUT2D eigenvalue weighted by molar-refractivity contribution is 9.09. The molecule has 2 rings (SSSR count). The summed E-state index contributed by atoms with van der Waals surface area (Å²) in [6.07, 6.45) is -0.0896. The first-order valence-electron chi connectivity index (χ1n) is 6.68. The van der Waals surface area contributed by atoms with E-state index < -0.39 is 4.92 Å². The number of amides is 1. The Morgan fingerprint density at radius 3 is 2.90 bits per heavy atom. The average Bonchev–Trinajstić information content (AvgIpc) is 2.46. The molecule has 7 heteroatoms. The Hall–Kier alpha value is -1.47. The zero-order chi connectivity index (χ0) is 15.6. The normalized spacial score (nSPS) is 22.1. The molecule has 1 heterocycles. The summed E-state index contributed by atoms with van der Waals surface area (Å²) in [6.45, 7) is 4.46. The average molecular weight is 357 g/mol. The van der Waals surface area contributed by atoms with Gasteiger partial charge < -0.3 is 9.64 Å². The molecule has 1 amide bonds. The lowest BCUT2D eigenvalue weighted by Crippen LogP contribution is -2.51. The fraction of sp³-hybridized carbons (Fsp3) is 0.500. The van der Waals surface area contributed by atoms with E-state index in [1.165, 1.54) is 6.07 Å². The van der Waals surface area contributed by atoms with E-state index in [0.29, 0.717) is 24.0 Å². The summed E-state index contributed by atoms with van der Waals surface area (Å²) in [5.74, 6) is -0.304. The highest BCUT2D eigenvalue weighted by Crippen LogP contribution is 2.26. The van der Waals surface area contributed by atoms with E-state index in [4.69, 9.17) is 4.74 Å². The van der Waals surface area contributed by atoms with Crippen molar-refractivity contribution in [2.75, 3.05) is 18.5 Å². The summed E-state index contributed by atoms with van der Waals surface area (Å²) in [7, 11) is 0. The molecule has 2 unspecified atom stereocenters. The number of carbonyl (C=O) groups is 1. The number of hydrogen-bond donors (Lipinski definition) is 0. The van der Waals surface area contributed by atoms with Gasteiger partial charge in [-0.25, -0.2) is 0 Å². The lowest BCUT2D eigenvalue weighted by molar-refractivity contribution is -0.385. The second-order valence-electron chi connectivity index (χ2n) is 5.14. The molecule has 1 aliphatic rings. The van der Waals surface area contributed by atoms with Gasteiger partial charge in [-0.3, -0.25) is 14.9 Å². The van der Waals surface area contributed by atoms with Crippen molar-refractivity contribution in [3.63, 3.8) is 0 Å². The number of aryl methyl sites for hydroxylation is 1. The quantitative estimate of drug-likeness (QED) is 0.473. The van der Waals surface area contributed by atoms with E-state index in [2.05, 4.69) is 15.9 Å². The summed E-state index contributed by atoms with van der Waals surface area (Å²) >= 11 is 3.34. The molecular formula is C14H17BrN2O4. The van der Waals surface area contributed by atoms with Crippen molar-refractivity contribution in [1.82, 2.24) is 4.90 Å². The van der Waals surface area contributed by atoms with Crippen LogP contribution in [0.15, 0.2) is 18.2 Å². The van der Waals surface area contributed by atoms with Crippen molar-refractivity contribution in [3.05, 3.63) is 39.4 Å². The Kier molecular flexibility index (Phi) is 4.95. The number of nitro benzene ring substituents is 1. The second kappa shape index (κ2) is 6.53. The molecular weight excluding hydrogens is 340 g/mol. The number of nitro groups is 1. The number of ether oxygens (including phenoxy) is 1. The van der Waals surface area contributed by atoms with Crippen molar-refractivity contribution in [2.24, 2.45) is 0 Å². The van der Waals surface area contributed by atoms with E-state index in [-0.39, 0.29) is 29.3 Å². The van der Waals surface area contributed by atoms with Gasteiger partial charge in [-0.05, 0) is 19.4 Å². The standard InChI is InChI=1S/C14H17BrN2O4/c1-9-4-3-5-12(17(19)20)13(9)14(18)16-7-11(6-15)21-8-10(16)2/h3-5,10-11H,6-8H2,1-2H3. The summed E-state index contributed by atoms with van der Waals surface area (Å²) in [6, 6.07) is 4.57. The largest absolute Gasteiger partial charge is 0.373 e. The lowest BCUT2D eigenvalue weighted by atomic mass is 10.0. The second-order valence-corrected chi connectivity index (χ2v) is 5.79. The van der Waals surface area contributed by atoms with Crippen molar-refractivity contribution in [1.29, 1.82) is 0 Å². The molecule has 1 aromatic carbocycles. The minimum Gasteiger partial charge on any atom is -0.373 e. The van der Waals surface area contributed by atoms with Crippen LogP contribution in [-0.4, -0.2) is 46.4 Å². The number of halogens is 1. The smallest absolute Gasteiger partial charge is 0.282 e. The number of alkyl halides is 1. The van der Waals surface area contributed by atoms with Crippen molar-refractivity contribution in [3.8, 4) is 0 Å². The Labute approximate surface area is 131 Å². The van der Waals surface area contributed by atoms with Gasteiger partial charge in [0.15, 0.2) is 0 Å². The lowest BCUT2D eigenvalue weighted by Gasteiger charge is -2.37. The molecule has 0 saturated carbocycles. The molecule has 0 aliphatic carbocycles. The first-order valence-corrected chi connectivity index (χ1v) is 7.80. The molecule has 114 valence electrons. The van der Waals surface area contributed by atoms with Crippen molar-refractivity contribution >= 4 is 27.5 Å². The molecule has 0 aromatic heterocycles. The third kappa shape index (κ3) is 3.24. The molecule has 6 nitrogen and oxygen atoms in total. The van der Waals surface area contributed by atoms with E-state index >= 15 is 0 Å². The zero-order valence-corrected chi connectivity index (χ0v) is 13.5. The number of morpholine rings is 1. The molecule has 21 heavy (non-hydrogen) atoms. The Bertz CT molecular complexity index is 564. The van der Waals surface area contributed by atoms with Gasteiger partial charge in [0.25, 0.3) is 11.6 Å². The minimum absolute atomic E-state index is 0.0896.